The highest BCUT2D eigenvalue weighted by atomic mass is 16.7. The number of rotatable bonds is 2. The van der Waals surface area contributed by atoms with Crippen LogP contribution in [-0.2, 0) is 4.79 Å². The lowest BCUT2D eigenvalue weighted by Crippen LogP contribution is -2.26. The van der Waals surface area contributed by atoms with E-state index >= 15 is 0 Å². The third kappa shape index (κ3) is 2.45. The van der Waals surface area contributed by atoms with Gasteiger partial charge in [-0.3, -0.25) is 0 Å². The molecule has 0 atom stereocenters. The van der Waals surface area contributed by atoms with Gasteiger partial charge in [0.05, 0.1) is 6.20 Å². The fourth-order valence-corrected chi connectivity index (χ4v) is 0.758. The number of imidazole rings is 1. The average molecular weight is 194 g/mol. The molecule has 0 fully saturated rings. The standard InChI is InChI=1S/C10H14N2O2/c1-8(10(2,3)4)9(13)14-12-6-5-11-7-12/h5-7H,1H2,2-4H3. The van der Waals surface area contributed by atoms with Crippen LogP contribution in [0, 0.1) is 5.41 Å². The first-order valence-electron chi connectivity index (χ1n) is 4.31. The Labute approximate surface area is 83.2 Å². The van der Waals surface area contributed by atoms with Gasteiger partial charge in [-0.1, -0.05) is 27.4 Å². The van der Waals surface area contributed by atoms with Crippen molar-refractivity contribution in [1.82, 2.24) is 9.71 Å². The SMILES string of the molecule is C=C(C(=O)On1ccnc1)C(C)(C)C. The summed E-state index contributed by atoms with van der Waals surface area (Å²) in [5.41, 5.74) is 0.156. The van der Waals surface area contributed by atoms with Crippen LogP contribution < -0.4 is 4.84 Å². The van der Waals surface area contributed by atoms with E-state index in [0.717, 1.165) is 0 Å². The summed E-state index contributed by atoms with van der Waals surface area (Å²) in [6.07, 6.45) is 4.49. The lowest BCUT2D eigenvalue weighted by molar-refractivity contribution is -0.140. The molecule has 4 heteroatoms. The molecule has 0 aliphatic carbocycles. The van der Waals surface area contributed by atoms with Gasteiger partial charge in [0.1, 0.15) is 6.33 Å². The van der Waals surface area contributed by atoms with Crippen LogP contribution in [0.4, 0.5) is 0 Å². The molecule has 0 N–H and O–H groups in total. The molecule has 0 saturated carbocycles. The van der Waals surface area contributed by atoms with E-state index < -0.39 is 5.97 Å². The summed E-state index contributed by atoms with van der Waals surface area (Å²) in [5.74, 6) is -0.435. The number of hydrogen-bond acceptors (Lipinski definition) is 3. The molecule has 4 nitrogen and oxygen atoms in total. The van der Waals surface area contributed by atoms with Crippen LogP contribution in [0.1, 0.15) is 20.8 Å². The van der Waals surface area contributed by atoms with Crippen LogP contribution in [0.3, 0.4) is 0 Å². The van der Waals surface area contributed by atoms with E-state index in [0.29, 0.717) is 5.57 Å². The minimum absolute atomic E-state index is 0.280. The molecule has 1 aromatic rings. The predicted octanol–water partition coefficient (Wildman–Crippen LogP) is 1.44. The summed E-state index contributed by atoms with van der Waals surface area (Å²) in [6.45, 7) is 9.42. The Morgan fingerprint density at radius 1 is 1.50 bits per heavy atom. The normalized spacial score (nSPS) is 11.1. The maximum atomic E-state index is 11.5. The lowest BCUT2D eigenvalue weighted by Gasteiger charge is -2.19. The van der Waals surface area contributed by atoms with Crippen molar-refractivity contribution in [3.05, 3.63) is 30.9 Å². The molecule has 14 heavy (non-hydrogen) atoms. The second kappa shape index (κ2) is 3.65. The van der Waals surface area contributed by atoms with Crippen LogP contribution >= 0.6 is 0 Å². The molecule has 0 spiro atoms. The Hall–Kier alpha value is -1.58. The van der Waals surface area contributed by atoms with E-state index in [2.05, 4.69) is 11.6 Å². The van der Waals surface area contributed by atoms with Gasteiger partial charge in [0.2, 0.25) is 0 Å². The van der Waals surface area contributed by atoms with Crippen LogP contribution in [0.15, 0.2) is 30.9 Å². The predicted molar refractivity (Wildman–Crippen MR) is 52.4 cm³/mol. The molecule has 1 heterocycles. The fraction of sp³-hybridized carbons (Fsp3) is 0.400. The van der Waals surface area contributed by atoms with E-state index in [4.69, 9.17) is 4.84 Å². The average Bonchev–Trinajstić information content (AvgIpc) is 2.53. The summed E-state index contributed by atoms with van der Waals surface area (Å²) in [5, 5.41) is 0. The first-order valence-corrected chi connectivity index (χ1v) is 4.31. The quantitative estimate of drug-likeness (QED) is 0.669. The monoisotopic (exact) mass is 194 g/mol. The molecule has 0 aliphatic rings. The molecule has 1 rings (SSSR count). The van der Waals surface area contributed by atoms with Crippen molar-refractivity contribution in [1.29, 1.82) is 0 Å². The van der Waals surface area contributed by atoms with E-state index in [-0.39, 0.29) is 5.41 Å². The Morgan fingerprint density at radius 3 is 2.57 bits per heavy atom. The number of hydrogen-bond donors (Lipinski definition) is 0. The zero-order valence-electron chi connectivity index (χ0n) is 8.65. The summed E-state index contributed by atoms with van der Waals surface area (Å²) in [4.78, 5) is 20.2. The van der Waals surface area contributed by atoms with E-state index in [1.54, 1.807) is 6.20 Å². The van der Waals surface area contributed by atoms with Gasteiger partial charge in [0.25, 0.3) is 0 Å². The molecule has 1 aromatic heterocycles. The molecular weight excluding hydrogens is 180 g/mol. The molecule has 0 radical (unpaired) electrons. The first-order chi connectivity index (χ1) is 6.41. The highest BCUT2D eigenvalue weighted by molar-refractivity contribution is 5.89. The van der Waals surface area contributed by atoms with Gasteiger partial charge >= 0.3 is 5.97 Å². The van der Waals surface area contributed by atoms with Gasteiger partial charge in [0.15, 0.2) is 0 Å². The smallest absolute Gasteiger partial charge is 0.330 e. The van der Waals surface area contributed by atoms with Gasteiger partial charge in [0, 0.05) is 11.8 Å². The van der Waals surface area contributed by atoms with Gasteiger partial charge < -0.3 is 4.84 Å². The minimum atomic E-state index is -0.435. The van der Waals surface area contributed by atoms with Crippen LogP contribution in [-0.4, -0.2) is 15.7 Å². The lowest BCUT2D eigenvalue weighted by atomic mass is 9.88. The number of aromatic nitrogens is 2. The second-order valence-electron chi connectivity index (χ2n) is 4.03. The van der Waals surface area contributed by atoms with Crippen molar-refractivity contribution in [3.63, 3.8) is 0 Å². The van der Waals surface area contributed by atoms with Crippen molar-refractivity contribution >= 4 is 5.97 Å². The largest absolute Gasteiger partial charge is 0.359 e. The third-order valence-electron chi connectivity index (χ3n) is 1.82. The Bertz CT molecular complexity index is 334. The maximum absolute atomic E-state index is 11.5. The number of carbonyl (C=O) groups excluding carboxylic acids is 1. The summed E-state index contributed by atoms with van der Waals surface area (Å²) in [6, 6.07) is 0. The Morgan fingerprint density at radius 2 is 2.14 bits per heavy atom. The van der Waals surface area contributed by atoms with E-state index in [9.17, 15) is 4.79 Å². The van der Waals surface area contributed by atoms with Crippen LogP contribution in [0.25, 0.3) is 0 Å². The van der Waals surface area contributed by atoms with Crippen molar-refractivity contribution in [2.45, 2.75) is 20.8 Å². The Kier molecular flexibility index (Phi) is 2.74. The zero-order valence-corrected chi connectivity index (χ0v) is 8.65. The first kappa shape index (κ1) is 10.5. The number of nitrogens with zero attached hydrogens (tertiary/aromatic N) is 2. The van der Waals surface area contributed by atoms with Gasteiger partial charge in [-0.25, -0.2) is 9.78 Å². The number of carbonyl (C=O) groups is 1. The molecule has 0 amide bonds. The van der Waals surface area contributed by atoms with Crippen molar-refractivity contribution in [3.8, 4) is 0 Å². The van der Waals surface area contributed by atoms with Crippen molar-refractivity contribution < 1.29 is 9.63 Å². The van der Waals surface area contributed by atoms with Crippen LogP contribution in [0.2, 0.25) is 0 Å². The highest BCUT2D eigenvalue weighted by Crippen LogP contribution is 2.23. The molecule has 0 saturated heterocycles. The van der Waals surface area contributed by atoms with Gasteiger partial charge in [-0.15, -0.1) is 0 Å². The van der Waals surface area contributed by atoms with Crippen LogP contribution in [0.5, 0.6) is 0 Å². The molecule has 0 aromatic carbocycles. The van der Waals surface area contributed by atoms with E-state index in [1.807, 2.05) is 20.8 Å². The Balaban J connectivity index is 2.64. The fourth-order valence-electron chi connectivity index (χ4n) is 0.758. The summed E-state index contributed by atoms with van der Waals surface area (Å²) < 4.78 is 1.25. The topological polar surface area (TPSA) is 44.1 Å². The maximum Gasteiger partial charge on any atom is 0.359 e. The van der Waals surface area contributed by atoms with Gasteiger partial charge in [-0.2, -0.15) is 4.73 Å². The minimum Gasteiger partial charge on any atom is -0.330 e. The molecule has 0 bridgehead atoms. The second-order valence-corrected chi connectivity index (χ2v) is 4.03. The summed E-state index contributed by atoms with van der Waals surface area (Å²) in [7, 11) is 0. The van der Waals surface area contributed by atoms with E-state index in [1.165, 1.54) is 17.3 Å². The summed E-state index contributed by atoms with van der Waals surface area (Å²) >= 11 is 0. The third-order valence-corrected chi connectivity index (χ3v) is 1.82. The van der Waals surface area contributed by atoms with Crippen molar-refractivity contribution in [2.75, 3.05) is 0 Å². The molecule has 0 aliphatic heterocycles. The molecular formula is C10H14N2O2. The molecule has 0 unspecified atom stereocenters. The highest BCUT2D eigenvalue weighted by Gasteiger charge is 2.23. The zero-order chi connectivity index (χ0) is 10.8. The van der Waals surface area contributed by atoms with Crippen molar-refractivity contribution in [2.24, 2.45) is 5.41 Å². The van der Waals surface area contributed by atoms with Gasteiger partial charge in [-0.05, 0) is 5.41 Å². The molecule has 76 valence electrons.